The maximum atomic E-state index is 12.5. The number of benzene rings is 2. The van der Waals surface area contributed by atoms with E-state index >= 15 is 0 Å². The third-order valence-corrected chi connectivity index (χ3v) is 3.51. The van der Waals surface area contributed by atoms with Crippen LogP contribution >= 0.6 is 0 Å². The number of hydrogen-bond donors (Lipinski definition) is 0. The summed E-state index contributed by atoms with van der Waals surface area (Å²) in [6, 6.07) is 13.3. The summed E-state index contributed by atoms with van der Waals surface area (Å²) in [7, 11) is 0. The molecule has 4 aromatic rings. The van der Waals surface area contributed by atoms with Gasteiger partial charge in [-0.1, -0.05) is 23.8 Å². The van der Waals surface area contributed by atoms with E-state index in [1.165, 1.54) is 4.40 Å². The molecular weight excluding hydrogens is 250 g/mol. The molecule has 4 nitrogen and oxygen atoms in total. The number of rotatable bonds is 0. The highest BCUT2D eigenvalue weighted by Crippen LogP contribution is 2.18. The van der Waals surface area contributed by atoms with Gasteiger partial charge in [0.25, 0.3) is 5.56 Å². The zero-order chi connectivity index (χ0) is 13.7. The third kappa shape index (κ3) is 1.45. The lowest BCUT2D eigenvalue weighted by Crippen LogP contribution is -2.15. The van der Waals surface area contributed by atoms with E-state index in [2.05, 4.69) is 9.97 Å². The molecule has 0 aliphatic carbocycles. The van der Waals surface area contributed by atoms with Crippen molar-refractivity contribution in [2.75, 3.05) is 0 Å². The van der Waals surface area contributed by atoms with Gasteiger partial charge in [-0.05, 0) is 31.2 Å². The number of hydrogen-bond acceptors (Lipinski definition) is 3. The maximum absolute atomic E-state index is 12.5. The molecule has 0 N–H and O–H groups in total. The van der Waals surface area contributed by atoms with Gasteiger partial charge in [0.15, 0.2) is 5.65 Å². The first-order valence-corrected chi connectivity index (χ1v) is 6.40. The van der Waals surface area contributed by atoms with E-state index in [0.29, 0.717) is 16.6 Å². The van der Waals surface area contributed by atoms with Crippen molar-refractivity contribution in [2.24, 2.45) is 0 Å². The summed E-state index contributed by atoms with van der Waals surface area (Å²) in [6.45, 7) is 2.02. The molecule has 0 aliphatic rings. The Morgan fingerprint density at radius 1 is 1.00 bits per heavy atom. The minimum atomic E-state index is -0.0819. The van der Waals surface area contributed by atoms with E-state index in [0.717, 1.165) is 16.5 Å². The molecule has 20 heavy (non-hydrogen) atoms. The van der Waals surface area contributed by atoms with Crippen LogP contribution in [-0.2, 0) is 0 Å². The van der Waals surface area contributed by atoms with Gasteiger partial charge in [-0.2, -0.15) is 0 Å². The number of aryl methyl sites for hydroxylation is 1. The van der Waals surface area contributed by atoms with Gasteiger partial charge >= 0.3 is 0 Å². The van der Waals surface area contributed by atoms with Crippen molar-refractivity contribution < 1.29 is 0 Å². The smallest absolute Gasteiger partial charge is 0.266 e. The van der Waals surface area contributed by atoms with E-state index < -0.39 is 0 Å². The molecule has 0 amide bonds. The highest BCUT2D eigenvalue weighted by atomic mass is 16.1. The zero-order valence-corrected chi connectivity index (χ0v) is 10.9. The second-order valence-corrected chi connectivity index (χ2v) is 4.89. The van der Waals surface area contributed by atoms with Crippen LogP contribution in [0.3, 0.4) is 0 Å². The molecule has 0 fully saturated rings. The van der Waals surface area contributed by atoms with Gasteiger partial charge in [0.05, 0.1) is 16.4 Å². The average Bonchev–Trinajstić information content (AvgIpc) is 2.47. The fraction of sp³-hybridized carbons (Fsp3) is 0.0625. The van der Waals surface area contributed by atoms with Crippen LogP contribution in [-0.4, -0.2) is 14.4 Å². The zero-order valence-electron chi connectivity index (χ0n) is 10.9. The van der Waals surface area contributed by atoms with Crippen molar-refractivity contribution in [3.63, 3.8) is 0 Å². The Morgan fingerprint density at radius 2 is 1.85 bits per heavy atom. The monoisotopic (exact) mass is 261 g/mol. The van der Waals surface area contributed by atoms with Crippen LogP contribution in [0.2, 0.25) is 0 Å². The van der Waals surface area contributed by atoms with Gasteiger partial charge in [0.1, 0.15) is 6.33 Å². The SMILES string of the molecule is Cc1ccc2ncn3c(=O)c4ccccc4nc3c2c1. The average molecular weight is 261 g/mol. The van der Waals surface area contributed by atoms with Gasteiger partial charge < -0.3 is 0 Å². The Balaban J connectivity index is 2.33. The largest absolute Gasteiger partial charge is 0.268 e. The van der Waals surface area contributed by atoms with Crippen LogP contribution in [0.15, 0.2) is 53.6 Å². The molecule has 0 saturated carbocycles. The van der Waals surface area contributed by atoms with Crippen molar-refractivity contribution in [1.29, 1.82) is 0 Å². The molecule has 0 saturated heterocycles. The molecule has 4 heteroatoms. The van der Waals surface area contributed by atoms with Crippen molar-refractivity contribution in [3.8, 4) is 0 Å². The molecule has 0 spiro atoms. The highest BCUT2D eigenvalue weighted by Gasteiger charge is 2.08. The topological polar surface area (TPSA) is 47.3 Å². The van der Waals surface area contributed by atoms with Gasteiger partial charge in [0, 0.05) is 5.39 Å². The lowest BCUT2D eigenvalue weighted by Gasteiger charge is -2.06. The normalized spacial score (nSPS) is 11.4. The van der Waals surface area contributed by atoms with E-state index in [1.807, 2.05) is 43.3 Å². The second-order valence-electron chi connectivity index (χ2n) is 4.89. The van der Waals surface area contributed by atoms with Gasteiger partial charge in [-0.15, -0.1) is 0 Å². The molecule has 0 bridgehead atoms. The predicted octanol–water partition coefficient (Wildman–Crippen LogP) is 2.70. The van der Waals surface area contributed by atoms with E-state index in [1.54, 1.807) is 12.4 Å². The molecule has 0 atom stereocenters. The van der Waals surface area contributed by atoms with Crippen LogP contribution in [0.4, 0.5) is 0 Å². The maximum Gasteiger partial charge on any atom is 0.266 e. The van der Waals surface area contributed by atoms with Crippen LogP contribution in [0, 0.1) is 6.92 Å². The summed E-state index contributed by atoms with van der Waals surface area (Å²) in [4.78, 5) is 21.5. The Bertz CT molecular complexity index is 1030. The van der Waals surface area contributed by atoms with Crippen molar-refractivity contribution >= 4 is 27.5 Å². The van der Waals surface area contributed by atoms with Crippen molar-refractivity contribution in [3.05, 3.63) is 64.7 Å². The Labute approximate surface area is 114 Å². The fourth-order valence-electron chi connectivity index (χ4n) is 2.50. The molecule has 2 aromatic heterocycles. The summed E-state index contributed by atoms with van der Waals surface area (Å²) < 4.78 is 1.52. The Morgan fingerprint density at radius 3 is 2.75 bits per heavy atom. The molecule has 2 aromatic carbocycles. The van der Waals surface area contributed by atoms with Gasteiger partial charge in [-0.25, -0.2) is 14.4 Å². The lowest BCUT2D eigenvalue weighted by atomic mass is 10.1. The number of nitrogens with zero attached hydrogens (tertiary/aromatic N) is 3. The minimum Gasteiger partial charge on any atom is -0.268 e. The molecule has 96 valence electrons. The van der Waals surface area contributed by atoms with Crippen molar-refractivity contribution in [1.82, 2.24) is 14.4 Å². The molecule has 0 aliphatic heterocycles. The minimum absolute atomic E-state index is 0.0819. The van der Waals surface area contributed by atoms with Crippen molar-refractivity contribution in [2.45, 2.75) is 6.92 Å². The van der Waals surface area contributed by atoms with Gasteiger partial charge in [0.2, 0.25) is 0 Å². The summed E-state index contributed by atoms with van der Waals surface area (Å²) in [5, 5.41) is 1.51. The van der Waals surface area contributed by atoms with E-state index in [-0.39, 0.29) is 5.56 Å². The number of fused-ring (bicyclic) bond motifs is 4. The number of aromatic nitrogens is 3. The predicted molar refractivity (Wildman–Crippen MR) is 79.0 cm³/mol. The molecule has 0 radical (unpaired) electrons. The first-order valence-electron chi connectivity index (χ1n) is 6.40. The fourth-order valence-corrected chi connectivity index (χ4v) is 2.50. The second kappa shape index (κ2) is 3.87. The van der Waals surface area contributed by atoms with E-state index in [9.17, 15) is 4.79 Å². The summed E-state index contributed by atoms with van der Waals surface area (Å²) in [5.74, 6) is 0. The summed E-state index contributed by atoms with van der Waals surface area (Å²) >= 11 is 0. The van der Waals surface area contributed by atoms with E-state index in [4.69, 9.17) is 0 Å². The van der Waals surface area contributed by atoms with Crippen LogP contribution in [0.5, 0.6) is 0 Å². The third-order valence-electron chi connectivity index (χ3n) is 3.51. The quantitative estimate of drug-likeness (QED) is 0.361. The molecule has 0 unspecified atom stereocenters. The first kappa shape index (κ1) is 11.1. The lowest BCUT2D eigenvalue weighted by molar-refractivity contribution is 1.04. The Kier molecular flexibility index (Phi) is 2.15. The molecule has 4 rings (SSSR count). The van der Waals surface area contributed by atoms with Crippen LogP contribution in [0.1, 0.15) is 5.56 Å². The highest BCUT2D eigenvalue weighted by molar-refractivity contribution is 5.94. The van der Waals surface area contributed by atoms with Crippen LogP contribution < -0.4 is 5.56 Å². The van der Waals surface area contributed by atoms with Crippen LogP contribution in [0.25, 0.3) is 27.5 Å². The summed E-state index contributed by atoms with van der Waals surface area (Å²) in [5.41, 5.74) is 3.25. The molecule has 2 heterocycles. The van der Waals surface area contributed by atoms with Gasteiger partial charge in [-0.3, -0.25) is 4.79 Å². The first-order chi connectivity index (χ1) is 9.74. The Hall–Kier alpha value is -2.75. The standard InChI is InChI=1S/C16H11N3O/c1-10-6-7-13-12(8-10)15-18-14-5-3-2-4-11(14)16(20)19(15)9-17-13/h2-9H,1H3. The molecular formula is C16H11N3O. The summed E-state index contributed by atoms with van der Waals surface area (Å²) in [6.07, 6.45) is 1.55. The number of para-hydroxylation sites is 1.